The number of nitrogens with one attached hydrogen (secondary N) is 1. The zero-order valence-electron chi connectivity index (χ0n) is 14.9. The first-order valence-electron chi connectivity index (χ1n) is 8.00. The van der Waals surface area contributed by atoms with Crippen LogP contribution >= 0.6 is 23.2 Å². The fourth-order valence-electron chi connectivity index (χ4n) is 2.38. The molecule has 0 aliphatic heterocycles. The summed E-state index contributed by atoms with van der Waals surface area (Å²) >= 11 is 11.8. The van der Waals surface area contributed by atoms with Crippen LogP contribution < -0.4 is 15.7 Å². The Morgan fingerprint density at radius 2 is 2.04 bits per heavy atom. The predicted molar refractivity (Wildman–Crippen MR) is 103 cm³/mol. The van der Waals surface area contributed by atoms with Gasteiger partial charge in [0.15, 0.2) is 12.3 Å². The highest BCUT2D eigenvalue weighted by molar-refractivity contribution is 6.35. The monoisotopic (exact) mass is 409 g/mol. The van der Waals surface area contributed by atoms with Gasteiger partial charge in [-0.25, -0.2) is 14.3 Å². The third-order valence-electron chi connectivity index (χ3n) is 3.62. The Morgan fingerprint density at radius 3 is 2.70 bits per heavy atom. The van der Waals surface area contributed by atoms with E-state index in [0.29, 0.717) is 21.8 Å². The summed E-state index contributed by atoms with van der Waals surface area (Å²) < 4.78 is 7.99. The average Bonchev–Trinajstić information content (AvgIpc) is 3.02. The summed E-state index contributed by atoms with van der Waals surface area (Å²) in [6.07, 6.45) is 2.67. The number of halogens is 2. The van der Waals surface area contributed by atoms with Gasteiger partial charge in [-0.05, 0) is 39.0 Å². The Balaban J connectivity index is 1.75. The summed E-state index contributed by atoms with van der Waals surface area (Å²) in [5, 5.41) is 5.26. The highest BCUT2D eigenvalue weighted by Gasteiger charge is 2.20. The molecule has 0 fully saturated rings. The molecular formula is C17H17Cl2N5O3. The zero-order chi connectivity index (χ0) is 19.8. The number of aromatic nitrogens is 4. The van der Waals surface area contributed by atoms with Gasteiger partial charge in [-0.2, -0.15) is 5.10 Å². The van der Waals surface area contributed by atoms with E-state index in [-0.39, 0.29) is 17.2 Å². The van der Waals surface area contributed by atoms with Gasteiger partial charge in [0.25, 0.3) is 11.5 Å². The lowest BCUT2D eigenvalue weighted by Gasteiger charge is -2.19. The van der Waals surface area contributed by atoms with Crippen molar-refractivity contribution in [2.45, 2.75) is 26.3 Å². The second-order valence-electron chi connectivity index (χ2n) is 6.78. The van der Waals surface area contributed by atoms with Gasteiger partial charge in [-0.3, -0.25) is 15.0 Å². The number of carbonyl (C=O) groups excluding carboxylic acids is 1. The summed E-state index contributed by atoms with van der Waals surface area (Å²) in [4.78, 5) is 28.9. The van der Waals surface area contributed by atoms with Crippen molar-refractivity contribution in [3.63, 3.8) is 0 Å². The topological polar surface area (TPSA) is 91.0 Å². The van der Waals surface area contributed by atoms with Gasteiger partial charge in [0.2, 0.25) is 0 Å². The van der Waals surface area contributed by atoms with E-state index in [9.17, 15) is 9.59 Å². The van der Waals surface area contributed by atoms with E-state index in [1.807, 2.05) is 20.8 Å². The van der Waals surface area contributed by atoms with Crippen LogP contribution in [0, 0.1) is 0 Å². The van der Waals surface area contributed by atoms with Crippen molar-refractivity contribution in [3.8, 4) is 5.75 Å². The van der Waals surface area contributed by atoms with Gasteiger partial charge in [-0.1, -0.05) is 23.2 Å². The van der Waals surface area contributed by atoms with Crippen LogP contribution in [-0.4, -0.2) is 32.0 Å². The predicted octanol–water partition coefficient (Wildman–Crippen LogP) is 2.80. The van der Waals surface area contributed by atoms with Crippen LogP contribution in [0.1, 0.15) is 20.8 Å². The molecule has 1 aromatic carbocycles. The number of amides is 1. The van der Waals surface area contributed by atoms with Crippen molar-refractivity contribution < 1.29 is 9.53 Å². The summed E-state index contributed by atoms with van der Waals surface area (Å²) in [6.45, 7) is 5.52. The summed E-state index contributed by atoms with van der Waals surface area (Å²) in [6, 6.07) is 4.65. The smallest absolute Gasteiger partial charge is 0.283 e. The Kier molecular flexibility index (Phi) is 5.12. The van der Waals surface area contributed by atoms with Crippen LogP contribution in [0.25, 0.3) is 11.0 Å². The Bertz CT molecular complexity index is 1070. The molecule has 27 heavy (non-hydrogen) atoms. The molecule has 2 aromatic heterocycles. The van der Waals surface area contributed by atoms with E-state index in [1.54, 1.807) is 16.8 Å². The number of nitrogens with zero attached hydrogens (tertiary/aromatic N) is 4. The van der Waals surface area contributed by atoms with Gasteiger partial charge in [-0.15, -0.1) is 0 Å². The number of fused-ring (bicyclic) bond motifs is 1. The fraction of sp³-hybridized carbons (Fsp3) is 0.294. The lowest BCUT2D eigenvalue weighted by atomic mass is 10.1. The maximum atomic E-state index is 12.5. The number of rotatable bonds is 4. The van der Waals surface area contributed by atoms with Gasteiger partial charge in [0, 0.05) is 5.02 Å². The van der Waals surface area contributed by atoms with Crippen LogP contribution in [0.3, 0.4) is 0 Å². The van der Waals surface area contributed by atoms with Crippen LogP contribution in [0.5, 0.6) is 5.75 Å². The molecule has 0 aliphatic carbocycles. The van der Waals surface area contributed by atoms with Gasteiger partial charge in [0.05, 0.1) is 16.8 Å². The third kappa shape index (κ3) is 4.06. The second-order valence-corrected chi connectivity index (χ2v) is 7.63. The third-order valence-corrected chi connectivity index (χ3v) is 4.15. The van der Waals surface area contributed by atoms with E-state index in [2.05, 4.69) is 15.5 Å². The fourth-order valence-corrected chi connectivity index (χ4v) is 2.85. The average molecular weight is 410 g/mol. The molecule has 10 heteroatoms. The molecule has 8 nitrogen and oxygen atoms in total. The van der Waals surface area contributed by atoms with Crippen LogP contribution in [0.4, 0.5) is 0 Å². The molecule has 0 radical (unpaired) electrons. The number of carbonyl (C=O) groups is 1. The van der Waals surface area contributed by atoms with Crippen molar-refractivity contribution >= 4 is 40.1 Å². The van der Waals surface area contributed by atoms with Crippen LogP contribution in [-0.2, 0) is 10.3 Å². The Morgan fingerprint density at radius 1 is 1.30 bits per heavy atom. The minimum atomic E-state index is -0.549. The molecule has 0 aliphatic rings. The molecule has 3 aromatic rings. The quantitative estimate of drug-likeness (QED) is 0.714. The molecule has 1 amide bonds. The molecule has 0 saturated carbocycles. The second kappa shape index (κ2) is 7.21. The van der Waals surface area contributed by atoms with E-state index in [4.69, 9.17) is 27.9 Å². The van der Waals surface area contributed by atoms with E-state index >= 15 is 0 Å². The first-order valence-corrected chi connectivity index (χ1v) is 8.76. The van der Waals surface area contributed by atoms with Crippen molar-refractivity contribution in [3.05, 3.63) is 51.1 Å². The van der Waals surface area contributed by atoms with Gasteiger partial charge >= 0.3 is 0 Å². The zero-order valence-corrected chi connectivity index (χ0v) is 16.4. The lowest BCUT2D eigenvalue weighted by Crippen LogP contribution is -2.36. The first kappa shape index (κ1) is 19.2. The molecule has 2 heterocycles. The van der Waals surface area contributed by atoms with Crippen molar-refractivity contribution in [2.75, 3.05) is 12.0 Å². The van der Waals surface area contributed by atoms with Crippen LogP contribution in [0.15, 0.2) is 35.5 Å². The van der Waals surface area contributed by atoms with Crippen molar-refractivity contribution in [2.24, 2.45) is 0 Å². The number of benzene rings is 1. The Hall–Kier alpha value is -2.58. The van der Waals surface area contributed by atoms with E-state index in [1.165, 1.54) is 18.6 Å². The largest absolute Gasteiger partial charge is 0.482 e. The minimum absolute atomic E-state index is 0.283. The van der Waals surface area contributed by atoms with Gasteiger partial charge in [0.1, 0.15) is 17.5 Å². The molecule has 0 bridgehead atoms. The van der Waals surface area contributed by atoms with Crippen molar-refractivity contribution in [1.82, 2.24) is 19.4 Å². The Labute approximate surface area is 164 Å². The molecule has 3 rings (SSSR count). The number of ether oxygens (including phenoxy) is 1. The van der Waals surface area contributed by atoms with E-state index in [0.717, 1.165) is 4.68 Å². The molecular weight excluding hydrogens is 393 g/mol. The molecule has 0 spiro atoms. The normalized spacial score (nSPS) is 11.6. The summed E-state index contributed by atoms with van der Waals surface area (Å²) in [7, 11) is 0. The maximum Gasteiger partial charge on any atom is 0.283 e. The number of hydrogen-bond donors (Lipinski definition) is 1. The molecule has 0 atom stereocenters. The minimum Gasteiger partial charge on any atom is -0.482 e. The SMILES string of the molecule is CC(C)(C)n1ncc2c(=O)n(NC(=O)COc3ccc(Cl)cc3Cl)cnc21. The summed E-state index contributed by atoms with van der Waals surface area (Å²) in [5.74, 6) is -0.240. The molecule has 142 valence electrons. The first-order chi connectivity index (χ1) is 12.7. The standard InChI is InChI=1S/C17H17Cl2N5O3/c1-17(2,3)24-15-11(7-21-24)16(26)23(9-20-15)22-14(25)8-27-13-5-4-10(18)6-12(13)19/h4-7,9H,8H2,1-3H3,(H,22,25). The highest BCUT2D eigenvalue weighted by atomic mass is 35.5. The summed E-state index contributed by atoms with van der Waals surface area (Å²) in [5.41, 5.74) is 2.10. The maximum absolute atomic E-state index is 12.5. The van der Waals surface area contributed by atoms with Crippen LogP contribution in [0.2, 0.25) is 10.0 Å². The van der Waals surface area contributed by atoms with Crippen molar-refractivity contribution in [1.29, 1.82) is 0 Å². The number of hydrogen-bond acceptors (Lipinski definition) is 5. The molecule has 0 unspecified atom stereocenters. The lowest BCUT2D eigenvalue weighted by molar-refractivity contribution is -0.119. The highest BCUT2D eigenvalue weighted by Crippen LogP contribution is 2.27. The van der Waals surface area contributed by atoms with Gasteiger partial charge < -0.3 is 4.74 Å². The molecule has 0 saturated heterocycles. The molecule has 1 N–H and O–H groups in total. The van der Waals surface area contributed by atoms with E-state index < -0.39 is 11.5 Å².